The summed E-state index contributed by atoms with van der Waals surface area (Å²) in [7, 11) is 0. The summed E-state index contributed by atoms with van der Waals surface area (Å²) in [5.41, 5.74) is 3.50. The lowest BCUT2D eigenvalue weighted by molar-refractivity contribution is 0.431. The molecule has 0 saturated heterocycles. The number of pyridine rings is 1. The van der Waals surface area contributed by atoms with Gasteiger partial charge in [-0.3, -0.25) is 4.98 Å². The van der Waals surface area contributed by atoms with Crippen LogP contribution in [0.3, 0.4) is 0 Å². The van der Waals surface area contributed by atoms with Gasteiger partial charge in [-0.15, -0.1) is 0 Å². The Kier molecular flexibility index (Phi) is 3.39. The third-order valence-corrected chi connectivity index (χ3v) is 3.35. The van der Waals surface area contributed by atoms with E-state index in [0.717, 1.165) is 28.8 Å². The minimum Gasteiger partial charge on any atom is -0.508 e. The van der Waals surface area contributed by atoms with Crippen molar-refractivity contribution in [2.24, 2.45) is 0 Å². The van der Waals surface area contributed by atoms with E-state index >= 15 is 0 Å². The molecule has 0 aliphatic heterocycles. The van der Waals surface area contributed by atoms with Gasteiger partial charge in [-0.05, 0) is 48.7 Å². The molecule has 3 aromatic rings. The molecule has 1 N–H and O–H groups in total. The number of aryl methyl sites for hydroxylation is 2. The fourth-order valence-electron chi connectivity index (χ4n) is 2.24. The fraction of sp³-hybridized carbons (Fsp3) is 0.188. The first-order valence-electron chi connectivity index (χ1n) is 6.77. The first-order valence-corrected chi connectivity index (χ1v) is 6.77. The van der Waals surface area contributed by atoms with Gasteiger partial charge in [0.2, 0.25) is 5.82 Å². The first kappa shape index (κ1) is 13.3. The smallest absolute Gasteiger partial charge is 0.258 e. The van der Waals surface area contributed by atoms with Crippen LogP contribution in [-0.2, 0) is 6.42 Å². The molecular weight excluding hydrogens is 266 g/mol. The van der Waals surface area contributed by atoms with Gasteiger partial charge in [-0.25, -0.2) is 0 Å². The summed E-state index contributed by atoms with van der Waals surface area (Å²) in [4.78, 5) is 8.77. The molecule has 0 aliphatic carbocycles. The lowest BCUT2D eigenvalue weighted by Gasteiger charge is -2.01. The minimum atomic E-state index is 0.217. The van der Waals surface area contributed by atoms with E-state index in [9.17, 15) is 5.11 Å². The van der Waals surface area contributed by atoms with E-state index in [0.29, 0.717) is 11.7 Å². The Morgan fingerprint density at radius 1 is 1.24 bits per heavy atom. The summed E-state index contributed by atoms with van der Waals surface area (Å²) in [6.45, 7) is 3.95. The average Bonchev–Trinajstić information content (AvgIpc) is 2.96. The van der Waals surface area contributed by atoms with Gasteiger partial charge in [0.25, 0.3) is 5.89 Å². The molecule has 0 bridgehead atoms. The molecule has 0 unspecified atom stereocenters. The maximum atomic E-state index is 9.46. The van der Waals surface area contributed by atoms with Crippen LogP contribution in [0.15, 0.2) is 41.1 Å². The highest BCUT2D eigenvalue weighted by Crippen LogP contribution is 2.27. The number of hydrogen-bond acceptors (Lipinski definition) is 5. The zero-order chi connectivity index (χ0) is 14.8. The summed E-state index contributed by atoms with van der Waals surface area (Å²) < 4.78 is 5.34. The monoisotopic (exact) mass is 281 g/mol. The van der Waals surface area contributed by atoms with Crippen LogP contribution in [0.25, 0.3) is 23.0 Å². The van der Waals surface area contributed by atoms with E-state index < -0.39 is 0 Å². The molecule has 0 spiro atoms. The number of rotatable bonds is 3. The summed E-state index contributed by atoms with van der Waals surface area (Å²) in [6, 6.07) is 8.93. The quantitative estimate of drug-likeness (QED) is 0.796. The molecule has 2 aromatic heterocycles. The Hall–Kier alpha value is -2.69. The number of nitrogens with zero attached hydrogens (tertiary/aromatic N) is 3. The van der Waals surface area contributed by atoms with Gasteiger partial charge in [0.1, 0.15) is 11.4 Å². The van der Waals surface area contributed by atoms with E-state index in [1.165, 1.54) is 0 Å². The van der Waals surface area contributed by atoms with E-state index in [4.69, 9.17) is 4.52 Å². The first-order chi connectivity index (χ1) is 10.2. The van der Waals surface area contributed by atoms with Crippen molar-refractivity contribution >= 4 is 0 Å². The number of aromatic nitrogens is 3. The van der Waals surface area contributed by atoms with Crippen LogP contribution in [0.4, 0.5) is 0 Å². The highest BCUT2D eigenvalue weighted by Gasteiger charge is 2.15. The molecule has 5 nitrogen and oxygen atoms in total. The summed E-state index contributed by atoms with van der Waals surface area (Å²) in [5, 5.41) is 13.5. The molecule has 0 aliphatic rings. The van der Waals surface area contributed by atoms with Gasteiger partial charge >= 0.3 is 0 Å². The molecule has 0 saturated carbocycles. The Morgan fingerprint density at radius 2 is 2.10 bits per heavy atom. The van der Waals surface area contributed by atoms with E-state index in [1.54, 1.807) is 24.4 Å². The molecule has 21 heavy (non-hydrogen) atoms. The van der Waals surface area contributed by atoms with Crippen molar-refractivity contribution in [2.75, 3.05) is 0 Å². The van der Waals surface area contributed by atoms with Crippen LogP contribution in [0, 0.1) is 6.92 Å². The largest absolute Gasteiger partial charge is 0.508 e. The molecule has 1 aromatic carbocycles. The van der Waals surface area contributed by atoms with Crippen LogP contribution in [0.5, 0.6) is 5.75 Å². The van der Waals surface area contributed by atoms with E-state index in [1.807, 2.05) is 19.1 Å². The fourth-order valence-corrected chi connectivity index (χ4v) is 2.24. The van der Waals surface area contributed by atoms with Crippen molar-refractivity contribution in [3.05, 3.63) is 47.7 Å². The Labute approximate surface area is 122 Å². The molecule has 0 amide bonds. The standard InChI is InChI=1S/C16H15N3O2/c1-3-11-5-4-8-17-14(11)15-18-16(21-19-15)13-7-6-12(20)9-10(13)2/h4-9,20H,3H2,1-2H3. The maximum absolute atomic E-state index is 9.46. The number of benzene rings is 1. The van der Waals surface area contributed by atoms with E-state index in [2.05, 4.69) is 22.0 Å². The molecular formula is C16H15N3O2. The summed E-state index contributed by atoms with van der Waals surface area (Å²) >= 11 is 0. The van der Waals surface area contributed by atoms with Gasteiger partial charge in [-0.1, -0.05) is 18.1 Å². The summed E-state index contributed by atoms with van der Waals surface area (Å²) in [5.74, 6) is 1.12. The van der Waals surface area contributed by atoms with Gasteiger partial charge in [0.05, 0.1) is 0 Å². The maximum Gasteiger partial charge on any atom is 0.258 e. The number of aromatic hydroxyl groups is 1. The lowest BCUT2D eigenvalue weighted by atomic mass is 10.1. The van der Waals surface area contributed by atoms with Crippen molar-refractivity contribution < 1.29 is 9.63 Å². The normalized spacial score (nSPS) is 10.8. The summed E-state index contributed by atoms with van der Waals surface area (Å²) in [6.07, 6.45) is 2.57. The Morgan fingerprint density at radius 3 is 2.86 bits per heavy atom. The van der Waals surface area contributed by atoms with Crippen molar-refractivity contribution in [2.45, 2.75) is 20.3 Å². The van der Waals surface area contributed by atoms with Crippen LogP contribution in [0.2, 0.25) is 0 Å². The van der Waals surface area contributed by atoms with Gasteiger partial charge in [0, 0.05) is 11.8 Å². The molecule has 0 fully saturated rings. The van der Waals surface area contributed by atoms with Crippen molar-refractivity contribution in [3.63, 3.8) is 0 Å². The Balaban J connectivity index is 2.04. The second kappa shape index (κ2) is 5.36. The van der Waals surface area contributed by atoms with Crippen LogP contribution < -0.4 is 0 Å². The molecule has 106 valence electrons. The van der Waals surface area contributed by atoms with E-state index in [-0.39, 0.29) is 5.75 Å². The van der Waals surface area contributed by atoms with Gasteiger partial charge in [0.15, 0.2) is 0 Å². The lowest BCUT2D eigenvalue weighted by Crippen LogP contribution is -1.92. The molecule has 2 heterocycles. The highest BCUT2D eigenvalue weighted by molar-refractivity contribution is 5.63. The SMILES string of the molecule is CCc1cccnc1-c1noc(-c2ccc(O)cc2C)n1. The average molecular weight is 281 g/mol. The van der Waals surface area contributed by atoms with Crippen LogP contribution >= 0.6 is 0 Å². The zero-order valence-electron chi connectivity index (χ0n) is 11.9. The molecule has 0 atom stereocenters. The van der Waals surface area contributed by atoms with Crippen molar-refractivity contribution in [1.29, 1.82) is 0 Å². The number of phenolic OH excluding ortho intramolecular Hbond substituents is 1. The second-order valence-corrected chi connectivity index (χ2v) is 4.79. The minimum absolute atomic E-state index is 0.217. The predicted molar refractivity (Wildman–Crippen MR) is 78.7 cm³/mol. The number of hydrogen-bond donors (Lipinski definition) is 1. The van der Waals surface area contributed by atoms with Crippen LogP contribution in [-0.4, -0.2) is 20.2 Å². The van der Waals surface area contributed by atoms with Gasteiger partial charge < -0.3 is 9.63 Å². The van der Waals surface area contributed by atoms with Crippen molar-refractivity contribution in [1.82, 2.24) is 15.1 Å². The molecule has 3 rings (SSSR count). The molecule has 5 heteroatoms. The molecule has 0 radical (unpaired) electrons. The second-order valence-electron chi connectivity index (χ2n) is 4.79. The third-order valence-electron chi connectivity index (χ3n) is 3.35. The Bertz CT molecular complexity index is 781. The van der Waals surface area contributed by atoms with Gasteiger partial charge in [-0.2, -0.15) is 4.98 Å². The predicted octanol–water partition coefficient (Wildman–Crippen LogP) is 3.38. The van der Waals surface area contributed by atoms with Crippen LogP contribution in [0.1, 0.15) is 18.1 Å². The van der Waals surface area contributed by atoms with Crippen molar-refractivity contribution in [3.8, 4) is 28.7 Å². The zero-order valence-corrected chi connectivity index (χ0v) is 11.9. The topological polar surface area (TPSA) is 72.0 Å². The third kappa shape index (κ3) is 2.50. The number of phenols is 1. The highest BCUT2D eigenvalue weighted by atomic mass is 16.5.